The molecule has 0 spiro atoms. The summed E-state index contributed by atoms with van der Waals surface area (Å²) >= 11 is 0. The predicted molar refractivity (Wildman–Crippen MR) is 142 cm³/mol. The number of amides is 4. The largest absolute Gasteiger partial charge is 0.446 e. The van der Waals surface area contributed by atoms with Crippen LogP contribution < -0.4 is 16.0 Å². The molecule has 0 bridgehead atoms. The predicted octanol–water partition coefficient (Wildman–Crippen LogP) is 3.65. The molecule has 3 N–H and O–H groups in total. The van der Waals surface area contributed by atoms with Crippen LogP contribution in [0.1, 0.15) is 104 Å². The van der Waals surface area contributed by atoms with Crippen LogP contribution >= 0.6 is 0 Å². The standard InChI is InChI=1S/C28H48N4O5/c1-4-6-14-23(31-28(36)37-22-12-7-8-13-22)27(35)32-18-20(10-5-2)17-24(32)26(34)30-19(3)16-21-11-9-15-29-25(21)33/h19-24H,4-18H2,1-3H3,(H,29,33)(H,30,34)(H,31,36)/t19-,20-,21-,23+,24?/m1/s1. The fraction of sp³-hybridized carbons (Fsp3) is 0.857. The van der Waals surface area contributed by atoms with Crippen molar-refractivity contribution >= 4 is 23.8 Å². The van der Waals surface area contributed by atoms with Crippen molar-refractivity contribution in [3.8, 4) is 0 Å². The summed E-state index contributed by atoms with van der Waals surface area (Å²) in [6, 6.07) is -1.43. The van der Waals surface area contributed by atoms with Crippen LogP contribution in [0.3, 0.4) is 0 Å². The summed E-state index contributed by atoms with van der Waals surface area (Å²) in [4.78, 5) is 53.6. The van der Waals surface area contributed by atoms with Crippen molar-refractivity contribution in [2.24, 2.45) is 11.8 Å². The number of carbonyl (C=O) groups is 4. The summed E-state index contributed by atoms with van der Waals surface area (Å²) in [6.07, 6.45) is 10.4. The molecule has 3 fully saturated rings. The molecule has 1 saturated carbocycles. The lowest BCUT2D eigenvalue weighted by atomic mass is 9.92. The first-order valence-electron chi connectivity index (χ1n) is 14.7. The number of nitrogens with zero attached hydrogens (tertiary/aromatic N) is 1. The van der Waals surface area contributed by atoms with Gasteiger partial charge in [-0.2, -0.15) is 0 Å². The van der Waals surface area contributed by atoms with Gasteiger partial charge in [-0.25, -0.2) is 4.79 Å². The Labute approximate surface area is 222 Å². The monoisotopic (exact) mass is 520 g/mol. The van der Waals surface area contributed by atoms with E-state index in [-0.39, 0.29) is 41.7 Å². The van der Waals surface area contributed by atoms with Crippen LogP contribution in [0.25, 0.3) is 0 Å². The van der Waals surface area contributed by atoms with Crippen LogP contribution in [0.5, 0.6) is 0 Å². The maximum Gasteiger partial charge on any atom is 0.408 e. The van der Waals surface area contributed by atoms with E-state index >= 15 is 0 Å². The Bertz CT molecular complexity index is 785. The minimum absolute atomic E-state index is 0.0577. The number of rotatable bonds is 12. The summed E-state index contributed by atoms with van der Waals surface area (Å²) in [5, 5.41) is 8.82. The van der Waals surface area contributed by atoms with E-state index in [4.69, 9.17) is 4.74 Å². The quantitative estimate of drug-likeness (QED) is 0.363. The molecule has 5 atom stereocenters. The highest BCUT2D eigenvalue weighted by atomic mass is 16.6. The molecule has 1 unspecified atom stereocenters. The molecule has 3 rings (SSSR count). The summed E-state index contributed by atoms with van der Waals surface area (Å²) in [5.41, 5.74) is 0. The molecule has 3 aliphatic rings. The molecule has 2 saturated heterocycles. The van der Waals surface area contributed by atoms with Gasteiger partial charge in [0, 0.05) is 25.0 Å². The van der Waals surface area contributed by atoms with Crippen LogP contribution in [0.4, 0.5) is 4.79 Å². The molecular formula is C28H48N4O5. The smallest absolute Gasteiger partial charge is 0.408 e. The molecular weight excluding hydrogens is 472 g/mol. The zero-order chi connectivity index (χ0) is 26.8. The third-order valence-corrected chi connectivity index (χ3v) is 8.11. The van der Waals surface area contributed by atoms with Crippen LogP contribution in [0.15, 0.2) is 0 Å². The lowest BCUT2D eigenvalue weighted by Crippen LogP contribution is -2.54. The molecule has 0 aromatic heterocycles. The van der Waals surface area contributed by atoms with Crippen molar-refractivity contribution in [1.82, 2.24) is 20.9 Å². The highest BCUT2D eigenvalue weighted by Gasteiger charge is 2.42. The number of hydrogen-bond donors (Lipinski definition) is 3. The fourth-order valence-electron chi connectivity index (χ4n) is 6.12. The van der Waals surface area contributed by atoms with Gasteiger partial charge in [0.25, 0.3) is 0 Å². The van der Waals surface area contributed by atoms with E-state index in [0.717, 1.165) is 70.8 Å². The number of alkyl carbamates (subject to hydrolysis) is 1. The Morgan fingerprint density at radius 3 is 2.51 bits per heavy atom. The second kappa shape index (κ2) is 14.6. The number of carbonyl (C=O) groups excluding carboxylic acids is 4. The third-order valence-electron chi connectivity index (χ3n) is 8.11. The normalized spacial score (nSPS) is 25.9. The van der Waals surface area contributed by atoms with Crippen LogP contribution in [0.2, 0.25) is 0 Å². The van der Waals surface area contributed by atoms with Crippen LogP contribution in [-0.4, -0.2) is 66.0 Å². The van der Waals surface area contributed by atoms with Crippen LogP contribution in [-0.2, 0) is 19.1 Å². The van der Waals surface area contributed by atoms with Gasteiger partial charge in [-0.05, 0) is 77.0 Å². The lowest BCUT2D eigenvalue weighted by Gasteiger charge is -2.30. The molecule has 1 aliphatic carbocycles. The minimum atomic E-state index is -0.701. The fourth-order valence-corrected chi connectivity index (χ4v) is 6.12. The average Bonchev–Trinajstić information content (AvgIpc) is 3.53. The van der Waals surface area contributed by atoms with Gasteiger partial charge in [-0.15, -0.1) is 0 Å². The van der Waals surface area contributed by atoms with Crippen molar-refractivity contribution < 1.29 is 23.9 Å². The molecule has 2 heterocycles. The lowest BCUT2D eigenvalue weighted by molar-refractivity contribution is -0.140. The molecule has 9 heteroatoms. The van der Waals surface area contributed by atoms with Crippen molar-refractivity contribution in [3.63, 3.8) is 0 Å². The Morgan fingerprint density at radius 2 is 1.84 bits per heavy atom. The van der Waals surface area contributed by atoms with Gasteiger partial charge in [0.2, 0.25) is 17.7 Å². The topological polar surface area (TPSA) is 117 Å². The van der Waals surface area contributed by atoms with E-state index in [0.29, 0.717) is 25.8 Å². The first-order chi connectivity index (χ1) is 17.8. The zero-order valence-electron chi connectivity index (χ0n) is 23.1. The third kappa shape index (κ3) is 8.60. The van der Waals surface area contributed by atoms with E-state index in [2.05, 4.69) is 29.8 Å². The van der Waals surface area contributed by atoms with Crippen molar-refractivity contribution in [1.29, 1.82) is 0 Å². The number of ether oxygens (including phenoxy) is 1. The van der Waals surface area contributed by atoms with Gasteiger partial charge in [0.15, 0.2) is 0 Å². The number of piperidine rings is 1. The van der Waals surface area contributed by atoms with E-state index in [1.54, 1.807) is 4.90 Å². The number of likely N-dealkylation sites (tertiary alicyclic amines) is 1. The average molecular weight is 521 g/mol. The Hall–Kier alpha value is -2.32. The maximum absolute atomic E-state index is 13.8. The summed E-state index contributed by atoms with van der Waals surface area (Å²) < 4.78 is 5.57. The van der Waals surface area contributed by atoms with E-state index in [1.807, 2.05) is 6.92 Å². The molecule has 0 aromatic rings. The van der Waals surface area contributed by atoms with Gasteiger partial charge < -0.3 is 25.6 Å². The Balaban J connectivity index is 1.65. The molecule has 37 heavy (non-hydrogen) atoms. The second-order valence-corrected chi connectivity index (χ2v) is 11.3. The first kappa shape index (κ1) is 29.2. The van der Waals surface area contributed by atoms with Crippen molar-refractivity contribution in [3.05, 3.63) is 0 Å². The molecule has 9 nitrogen and oxygen atoms in total. The van der Waals surface area contributed by atoms with Gasteiger partial charge >= 0.3 is 6.09 Å². The number of unbranched alkanes of at least 4 members (excludes halogenated alkanes) is 1. The maximum atomic E-state index is 13.8. The molecule has 2 aliphatic heterocycles. The summed E-state index contributed by atoms with van der Waals surface area (Å²) in [6.45, 7) is 7.33. The van der Waals surface area contributed by atoms with Gasteiger partial charge in [-0.1, -0.05) is 33.1 Å². The van der Waals surface area contributed by atoms with Gasteiger partial charge in [0.05, 0.1) is 0 Å². The Morgan fingerprint density at radius 1 is 1.08 bits per heavy atom. The SMILES string of the molecule is CCCC[C@H](NC(=O)OC1CCCC1)C(=O)N1C[C@H](CCC)CC1C(=O)N[C@H](C)C[C@H]1CCCNC1=O. The van der Waals surface area contributed by atoms with Crippen LogP contribution in [0, 0.1) is 11.8 Å². The van der Waals surface area contributed by atoms with E-state index in [9.17, 15) is 19.2 Å². The molecule has 210 valence electrons. The molecule has 0 aromatic carbocycles. The number of hydrogen-bond acceptors (Lipinski definition) is 5. The summed E-state index contributed by atoms with van der Waals surface area (Å²) in [5.74, 6) is -0.149. The Kier molecular flexibility index (Phi) is 11.5. The second-order valence-electron chi connectivity index (χ2n) is 11.3. The van der Waals surface area contributed by atoms with E-state index < -0.39 is 18.2 Å². The first-order valence-corrected chi connectivity index (χ1v) is 14.7. The van der Waals surface area contributed by atoms with Gasteiger partial charge in [-0.3, -0.25) is 14.4 Å². The minimum Gasteiger partial charge on any atom is -0.446 e. The highest BCUT2D eigenvalue weighted by molar-refractivity contribution is 5.92. The van der Waals surface area contributed by atoms with E-state index in [1.165, 1.54) is 0 Å². The molecule has 4 amide bonds. The van der Waals surface area contributed by atoms with Crippen molar-refractivity contribution in [2.75, 3.05) is 13.1 Å². The number of nitrogens with one attached hydrogen (secondary N) is 3. The van der Waals surface area contributed by atoms with Crippen molar-refractivity contribution in [2.45, 2.75) is 128 Å². The van der Waals surface area contributed by atoms with Gasteiger partial charge in [0.1, 0.15) is 18.2 Å². The zero-order valence-corrected chi connectivity index (χ0v) is 23.1. The summed E-state index contributed by atoms with van der Waals surface area (Å²) in [7, 11) is 0. The molecule has 0 radical (unpaired) electrons. The highest BCUT2D eigenvalue weighted by Crippen LogP contribution is 2.29.